The fourth-order valence-corrected chi connectivity index (χ4v) is 1.87. The van der Waals surface area contributed by atoms with Gasteiger partial charge < -0.3 is 14.8 Å². The normalized spacial score (nSPS) is 23.9. The van der Waals surface area contributed by atoms with Gasteiger partial charge in [-0.2, -0.15) is 0 Å². The van der Waals surface area contributed by atoms with Gasteiger partial charge in [0.15, 0.2) is 0 Å². The number of carbonyl (C=O) groups is 1. The molecule has 0 bridgehead atoms. The molecule has 0 aliphatic carbocycles. The molecule has 1 aromatic carbocycles. The van der Waals surface area contributed by atoms with Crippen LogP contribution in [0.1, 0.15) is 18.4 Å². The molecular weight excluding hydrogens is 178 g/mol. The average Bonchev–Trinajstić information content (AvgIpc) is 2.52. The number of fused-ring (bicyclic) bond motifs is 1. The molecule has 2 atom stereocenters. The quantitative estimate of drug-likeness (QED) is 0.724. The summed E-state index contributed by atoms with van der Waals surface area (Å²) in [5.41, 5.74) is 2.07. The van der Waals surface area contributed by atoms with Gasteiger partial charge in [0.2, 0.25) is 0 Å². The van der Waals surface area contributed by atoms with E-state index >= 15 is 0 Å². The van der Waals surface area contributed by atoms with Crippen molar-refractivity contribution in [1.29, 1.82) is 0 Å². The second kappa shape index (κ2) is 3.33. The van der Waals surface area contributed by atoms with Crippen molar-refractivity contribution < 1.29 is 9.53 Å². The first-order valence-corrected chi connectivity index (χ1v) is 4.66. The van der Waals surface area contributed by atoms with E-state index < -0.39 is 0 Å². The lowest BCUT2D eigenvalue weighted by Crippen LogP contribution is -2.16. The fourth-order valence-electron chi connectivity index (χ4n) is 1.87. The first-order chi connectivity index (χ1) is 6.76. The zero-order valence-electron chi connectivity index (χ0n) is 8.28. The highest BCUT2D eigenvalue weighted by atomic mass is 16.5. The van der Waals surface area contributed by atoms with E-state index in [1.54, 1.807) is 7.11 Å². The summed E-state index contributed by atoms with van der Waals surface area (Å²) in [7, 11) is 1.63. The Kier molecular flexibility index (Phi) is 2.15. The number of hydrogen-bond donors (Lipinski definition) is 1. The largest absolute Gasteiger partial charge is 0.497 e. The molecule has 0 amide bonds. The summed E-state index contributed by atoms with van der Waals surface area (Å²) < 4.78 is 5.12. The minimum absolute atomic E-state index is 0.0555. The van der Waals surface area contributed by atoms with Crippen LogP contribution in [0.4, 0.5) is 5.69 Å². The molecule has 3 heteroatoms. The van der Waals surface area contributed by atoms with E-state index in [1.165, 1.54) is 0 Å². The third-order valence-corrected chi connectivity index (χ3v) is 2.69. The molecule has 2 unspecified atom stereocenters. The van der Waals surface area contributed by atoms with E-state index in [-0.39, 0.29) is 12.0 Å². The molecule has 1 N–H and O–H groups in total. The van der Waals surface area contributed by atoms with Crippen molar-refractivity contribution in [1.82, 2.24) is 0 Å². The van der Waals surface area contributed by atoms with Crippen molar-refractivity contribution in [2.45, 2.75) is 18.9 Å². The van der Waals surface area contributed by atoms with Gasteiger partial charge in [0.05, 0.1) is 13.0 Å². The fraction of sp³-hybridized carbons (Fsp3) is 0.364. The highest BCUT2D eigenvalue weighted by Gasteiger charge is 2.28. The first kappa shape index (κ1) is 9.06. The van der Waals surface area contributed by atoms with Crippen molar-refractivity contribution in [2.24, 2.45) is 0 Å². The van der Waals surface area contributed by atoms with Crippen LogP contribution in [0.2, 0.25) is 0 Å². The number of methoxy groups -OCH3 is 1. The molecule has 3 nitrogen and oxygen atoms in total. The third kappa shape index (κ3) is 1.25. The van der Waals surface area contributed by atoms with Crippen LogP contribution in [-0.2, 0) is 4.79 Å². The van der Waals surface area contributed by atoms with Crippen molar-refractivity contribution >= 4 is 12.0 Å². The number of benzene rings is 1. The standard InChI is InChI=1S/C11H13NO2/c1-7-10(6-13)9-5-8(14-2)3-4-11(9)12-7/h3-7,10,12H,1-2H3. The van der Waals surface area contributed by atoms with Crippen LogP contribution < -0.4 is 10.1 Å². The highest BCUT2D eigenvalue weighted by Crippen LogP contribution is 2.36. The number of rotatable bonds is 2. The second-order valence-corrected chi connectivity index (χ2v) is 3.55. The van der Waals surface area contributed by atoms with Gasteiger partial charge in [-0.1, -0.05) is 0 Å². The molecule has 1 heterocycles. The minimum atomic E-state index is -0.0555. The molecule has 1 aromatic rings. The Balaban J connectivity index is 2.44. The second-order valence-electron chi connectivity index (χ2n) is 3.55. The summed E-state index contributed by atoms with van der Waals surface area (Å²) in [5, 5.41) is 3.26. The van der Waals surface area contributed by atoms with Gasteiger partial charge in [0, 0.05) is 11.7 Å². The van der Waals surface area contributed by atoms with E-state index in [0.717, 1.165) is 23.3 Å². The van der Waals surface area contributed by atoms with Gasteiger partial charge in [-0.3, -0.25) is 0 Å². The number of hydrogen-bond acceptors (Lipinski definition) is 3. The van der Waals surface area contributed by atoms with Gasteiger partial charge in [0.1, 0.15) is 12.0 Å². The van der Waals surface area contributed by atoms with Gasteiger partial charge >= 0.3 is 0 Å². The first-order valence-electron chi connectivity index (χ1n) is 4.66. The van der Waals surface area contributed by atoms with E-state index in [9.17, 15) is 4.79 Å². The van der Waals surface area contributed by atoms with Crippen LogP contribution in [0.3, 0.4) is 0 Å². The van der Waals surface area contributed by atoms with Crippen LogP contribution in [-0.4, -0.2) is 19.4 Å². The lowest BCUT2D eigenvalue weighted by Gasteiger charge is -2.07. The van der Waals surface area contributed by atoms with E-state index in [1.807, 2.05) is 25.1 Å². The zero-order valence-corrected chi connectivity index (χ0v) is 8.28. The van der Waals surface area contributed by atoms with Crippen molar-refractivity contribution in [3.63, 3.8) is 0 Å². The number of aldehydes is 1. The summed E-state index contributed by atoms with van der Waals surface area (Å²) in [4.78, 5) is 10.9. The predicted molar refractivity (Wildman–Crippen MR) is 54.9 cm³/mol. The molecule has 14 heavy (non-hydrogen) atoms. The summed E-state index contributed by atoms with van der Waals surface area (Å²) in [6.45, 7) is 2.01. The maximum Gasteiger partial charge on any atom is 0.129 e. The van der Waals surface area contributed by atoms with Gasteiger partial charge in [0.25, 0.3) is 0 Å². The van der Waals surface area contributed by atoms with Crippen LogP contribution >= 0.6 is 0 Å². The summed E-state index contributed by atoms with van der Waals surface area (Å²) >= 11 is 0. The van der Waals surface area contributed by atoms with Crippen molar-refractivity contribution in [3.05, 3.63) is 23.8 Å². The smallest absolute Gasteiger partial charge is 0.129 e. The summed E-state index contributed by atoms with van der Waals surface area (Å²) in [6.07, 6.45) is 0.989. The molecule has 2 rings (SSSR count). The molecule has 0 aromatic heterocycles. The van der Waals surface area contributed by atoms with Crippen LogP contribution in [0, 0.1) is 0 Å². The molecule has 1 aliphatic rings. The average molecular weight is 191 g/mol. The minimum Gasteiger partial charge on any atom is -0.497 e. The SMILES string of the molecule is COc1ccc2c(c1)C(C=O)C(C)N2. The molecule has 0 spiro atoms. The highest BCUT2D eigenvalue weighted by molar-refractivity contribution is 5.75. The maximum atomic E-state index is 10.9. The van der Waals surface area contributed by atoms with Gasteiger partial charge in [-0.15, -0.1) is 0 Å². The Hall–Kier alpha value is -1.51. The van der Waals surface area contributed by atoms with E-state index in [0.29, 0.717) is 0 Å². The van der Waals surface area contributed by atoms with Crippen LogP contribution in [0.5, 0.6) is 5.75 Å². The number of carbonyl (C=O) groups excluding carboxylic acids is 1. The van der Waals surface area contributed by atoms with E-state index in [4.69, 9.17) is 4.74 Å². The Morgan fingerprint density at radius 1 is 1.50 bits per heavy atom. The summed E-state index contributed by atoms with van der Waals surface area (Å²) in [5.74, 6) is 0.742. The van der Waals surface area contributed by atoms with Gasteiger partial charge in [-0.25, -0.2) is 0 Å². The van der Waals surface area contributed by atoms with Crippen LogP contribution in [0.25, 0.3) is 0 Å². The number of anilines is 1. The molecule has 1 aliphatic heterocycles. The van der Waals surface area contributed by atoms with Crippen molar-refractivity contribution in [2.75, 3.05) is 12.4 Å². The maximum absolute atomic E-state index is 10.9. The Morgan fingerprint density at radius 3 is 2.93 bits per heavy atom. The molecule has 0 saturated carbocycles. The zero-order chi connectivity index (χ0) is 10.1. The Bertz CT molecular complexity index is 362. The predicted octanol–water partition coefficient (Wildman–Crippen LogP) is 1.79. The Morgan fingerprint density at radius 2 is 2.29 bits per heavy atom. The van der Waals surface area contributed by atoms with Crippen LogP contribution in [0.15, 0.2) is 18.2 Å². The lowest BCUT2D eigenvalue weighted by atomic mass is 9.98. The molecule has 0 radical (unpaired) electrons. The lowest BCUT2D eigenvalue weighted by molar-refractivity contribution is -0.109. The molecular formula is C11H13NO2. The monoisotopic (exact) mass is 191 g/mol. The summed E-state index contributed by atoms with van der Waals surface area (Å²) in [6, 6.07) is 5.94. The molecule has 0 fully saturated rings. The number of nitrogens with one attached hydrogen (secondary N) is 1. The third-order valence-electron chi connectivity index (χ3n) is 2.69. The van der Waals surface area contributed by atoms with Gasteiger partial charge in [-0.05, 0) is 30.7 Å². The van der Waals surface area contributed by atoms with Crippen molar-refractivity contribution in [3.8, 4) is 5.75 Å². The number of ether oxygens (including phenoxy) is 1. The molecule has 74 valence electrons. The Labute approximate surface area is 83.1 Å². The van der Waals surface area contributed by atoms with E-state index in [2.05, 4.69) is 5.32 Å². The molecule has 0 saturated heterocycles. The topological polar surface area (TPSA) is 38.3 Å².